The number of aromatic nitrogens is 1. The molecule has 2 atom stereocenters. The molecule has 0 bridgehead atoms. The standard InChI is InChI=1S/C33H43N5O3/c1-23-10-6-7-13-26(23)21-38(24(2)39)33(41)30(18-27-19-35-29-15-9-8-14-28(27)29)36-32(40)22-37-17-16-34-20-31(37)25-11-4-3-5-12-25/h6-10,13-15,19,25,30-31,34-35H,3-5,11-12,16-18,20-22H2,1-2H3,(H,36,40). The van der Waals surface area contributed by atoms with Crippen molar-refractivity contribution >= 4 is 28.6 Å². The van der Waals surface area contributed by atoms with Crippen molar-refractivity contribution in [3.8, 4) is 0 Å². The van der Waals surface area contributed by atoms with E-state index >= 15 is 0 Å². The molecule has 2 aliphatic rings. The summed E-state index contributed by atoms with van der Waals surface area (Å²) in [4.78, 5) is 47.3. The largest absolute Gasteiger partial charge is 0.361 e. The monoisotopic (exact) mass is 557 g/mol. The van der Waals surface area contributed by atoms with E-state index in [0.717, 1.165) is 47.2 Å². The third-order valence-electron chi connectivity index (χ3n) is 8.91. The summed E-state index contributed by atoms with van der Waals surface area (Å²) >= 11 is 0. The van der Waals surface area contributed by atoms with E-state index in [-0.39, 0.29) is 30.8 Å². The Bertz CT molecular complexity index is 1360. The number of carbonyl (C=O) groups is 3. The van der Waals surface area contributed by atoms with Crippen LogP contribution >= 0.6 is 0 Å². The third kappa shape index (κ3) is 7.05. The lowest BCUT2D eigenvalue weighted by Gasteiger charge is -2.42. The first-order chi connectivity index (χ1) is 19.9. The van der Waals surface area contributed by atoms with Crippen LogP contribution in [-0.4, -0.2) is 70.8 Å². The van der Waals surface area contributed by atoms with Gasteiger partial charge in [0, 0.05) is 56.1 Å². The number of imide groups is 1. The van der Waals surface area contributed by atoms with Gasteiger partial charge in [0.05, 0.1) is 13.1 Å². The van der Waals surface area contributed by atoms with Crippen molar-refractivity contribution in [3.05, 3.63) is 71.4 Å². The second kappa shape index (κ2) is 13.4. The van der Waals surface area contributed by atoms with E-state index in [0.29, 0.717) is 18.4 Å². The minimum absolute atomic E-state index is 0.169. The topological polar surface area (TPSA) is 97.5 Å². The molecule has 1 aliphatic carbocycles. The van der Waals surface area contributed by atoms with E-state index in [9.17, 15) is 14.4 Å². The molecule has 2 aromatic carbocycles. The summed E-state index contributed by atoms with van der Waals surface area (Å²) < 4.78 is 0. The Kier molecular flexibility index (Phi) is 9.52. The number of rotatable bonds is 9. The number of para-hydroxylation sites is 1. The Morgan fingerprint density at radius 2 is 1.78 bits per heavy atom. The molecule has 1 aliphatic heterocycles. The summed E-state index contributed by atoms with van der Waals surface area (Å²) in [6.07, 6.45) is 8.40. The van der Waals surface area contributed by atoms with Crippen molar-refractivity contribution in [1.82, 2.24) is 25.4 Å². The van der Waals surface area contributed by atoms with Crippen LogP contribution in [0.15, 0.2) is 54.7 Å². The zero-order valence-corrected chi connectivity index (χ0v) is 24.3. The van der Waals surface area contributed by atoms with Gasteiger partial charge in [0.15, 0.2) is 0 Å². The predicted octanol–water partition coefficient (Wildman–Crippen LogP) is 3.93. The molecule has 41 heavy (non-hydrogen) atoms. The number of nitrogens with one attached hydrogen (secondary N) is 3. The molecule has 3 amide bonds. The van der Waals surface area contributed by atoms with Gasteiger partial charge in [-0.15, -0.1) is 0 Å². The number of piperazine rings is 1. The number of H-pyrrole nitrogens is 1. The average Bonchev–Trinajstić information content (AvgIpc) is 3.39. The van der Waals surface area contributed by atoms with Gasteiger partial charge in [-0.3, -0.25) is 24.2 Å². The van der Waals surface area contributed by atoms with Gasteiger partial charge >= 0.3 is 0 Å². The minimum Gasteiger partial charge on any atom is -0.361 e. The number of hydrogen-bond acceptors (Lipinski definition) is 5. The van der Waals surface area contributed by atoms with Crippen molar-refractivity contribution in [2.45, 2.75) is 71.0 Å². The molecule has 8 nitrogen and oxygen atoms in total. The summed E-state index contributed by atoms with van der Waals surface area (Å²) in [5, 5.41) is 7.60. The number of aryl methyl sites for hydroxylation is 1. The number of aromatic amines is 1. The van der Waals surface area contributed by atoms with Crippen LogP contribution in [0.5, 0.6) is 0 Å². The van der Waals surface area contributed by atoms with E-state index < -0.39 is 6.04 Å². The van der Waals surface area contributed by atoms with Crippen molar-refractivity contribution in [3.63, 3.8) is 0 Å². The second-order valence-corrected chi connectivity index (χ2v) is 11.7. The van der Waals surface area contributed by atoms with E-state index in [1.54, 1.807) is 0 Å². The molecule has 0 spiro atoms. The van der Waals surface area contributed by atoms with Gasteiger partial charge in [-0.25, -0.2) is 0 Å². The number of nitrogens with zero attached hydrogens (tertiary/aromatic N) is 2. The van der Waals surface area contributed by atoms with Gasteiger partial charge in [-0.05, 0) is 48.4 Å². The molecule has 1 saturated heterocycles. The number of carbonyl (C=O) groups excluding carboxylic acids is 3. The van der Waals surface area contributed by atoms with Crippen molar-refractivity contribution in [1.29, 1.82) is 0 Å². The van der Waals surface area contributed by atoms with Crippen LogP contribution in [0.4, 0.5) is 0 Å². The SMILES string of the molecule is CC(=O)N(Cc1ccccc1C)C(=O)C(Cc1c[nH]c2ccccc12)NC(=O)CN1CCNCC1C1CCCCC1. The molecular weight excluding hydrogens is 514 g/mol. The zero-order valence-electron chi connectivity index (χ0n) is 24.3. The summed E-state index contributed by atoms with van der Waals surface area (Å²) in [5.74, 6) is -0.306. The molecule has 3 N–H and O–H groups in total. The fraction of sp³-hybridized carbons (Fsp3) is 0.485. The number of hydrogen-bond donors (Lipinski definition) is 3. The highest BCUT2D eigenvalue weighted by Crippen LogP contribution is 2.29. The molecule has 2 heterocycles. The van der Waals surface area contributed by atoms with Crippen molar-refractivity contribution in [2.75, 3.05) is 26.2 Å². The van der Waals surface area contributed by atoms with Crippen LogP contribution in [0.3, 0.4) is 0 Å². The molecule has 8 heteroatoms. The first-order valence-corrected chi connectivity index (χ1v) is 15.1. The lowest BCUT2D eigenvalue weighted by Crippen LogP contribution is -2.58. The summed E-state index contributed by atoms with van der Waals surface area (Å²) in [6.45, 7) is 6.35. The van der Waals surface area contributed by atoms with Crippen LogP contribution in [-0.2, 0) is 27.3 Å². The summed E-state index contributed by atoms with van der Waals surface area (Å²) in [7, 11) is 0. The molecule has 2 fully saturated rings. The summed E-state index contributed by atoms with van der Waals surface area (Å²) in [5.41, 5.74) is 3.82. The normalized spacial score (nSPS) is 19.1. The highest BCUT2D eigenvalue weighted by Gasteiger charge is 2.34. The molecule has 5 rings (SSSR count). The number of fused-ring (bicyclic) bond motifs is 1. The third-order valence-corrected chi connectivity index (χ3v) is 8.91. The molecule has 3 aromatic rings. The maximum Gasteiger partial charge on any atom is 0.252 e. The van der Waals surface area contributed by atoms with Crippen LogP contribution in [0.2, 0.25) is 0 Å². The maximum atomic E-state index is 14.1. The fourth-order valence-electron chi connectivity index (χ4n) is 6.58. The van der Waals surface area contributed by atoms with E-state index in [2.05, 4.69) is 20.5 Å². The first-order valence-electron chi connectivity index (χ1n) is 15.1. The average molecular weight is 558 g/mol. The number of amides is 3. The lowest BCUT2D eigenvalue weighted by molar-refractivity contribution is -0.147. The lowest BCUT2D eigenvalue weighted by atomic mass is 9.82. The van der Waals surface area contributed by atoms with E-state index in [1.807, 2.05) is 61.7 Å². The Morgan fingerprint density at radius 3 is 2.56 bits per heavy atom. The Hall–Kier alpha value is -3.49. The van der Waals surface area contributed by atoms with Crippen molar-refractivity contribution in [2.24, 2.45) is 5.92 Å². The minimum atomic E-state index is -0.870. The highest BCUT2D eigenvalue weighted by molar-refractivity contribution is 5.99. The van der Waals surface area contributed by atoms with Gasteiger partial charge in [0.2, 0.25) is 11.8 Å². The maximum absolute atomic E-state index is 14.1. The fourth-order valence-corrected chi connectivity index (χ4v) is 6.58. The predicted molar refractivity (Wildman–Crippen MR) is 161 cm³/mol. The second-order valence-electron chi connectivity index (χ2n) is 11.7. The van der Waals surface area contributed by atoms with Gasteiger partial charge in [-0.1, -0.05) is 61.7 Å². The first kappa shape index (κ1) is 29.0. The quantitative estimate of drug-likeness (QED) is 0.370. The van der Waals surface area contributed by atoms with Gasteiger partial charge in [0.1, 0.15) is 6.04 Å². The zero-order chi connectivity index (χ0) is 28.8. The smallest absolute Gasteiger partial charge is 0.252 e. The van der Waals surface area contributed by atoms with Gasteiger partial charge in [-0.2, -0.15) is 0 Å². The van der Waals surface area contributed by atoms with Crippen LogP contribution in [0.1, 0.15) is 55.7 Å². The molecule has 2 unspecified atom stereocenters. The molecule has 0 radical (unpaired) electrons. The van der Waals surface area contributed by atoms with E-state index in [1.165, 1.54) is 43.9 Å². The van der Waals surface area contributed by atoms with Crippen LogP contribution in [0, 0.1) is 12.8 Å². The van der Waals surface area contributed by atoms with Crippen LogP contribution in [0.25, 0.3) is 10.9 Å². The molecule has 218 valence electrons. The van der Waals surface area contributed by atoms with Crippen molar-refractivity contribution < 1.29 is 14.4 Å². The Morgan fingerprint density at radius 1 is 1.02 bits per heavy atom. The van der Waals surface area contributed by atoms with Gasteiger partial charge in [0.25, 0.3) is 5.91 Å². The highest BCUT2D eigenvalue weighted by atomic mass is 16.2. The Balaban J connectivity index is 1.37. The Labute approximate surface area is 242 Å². The van der Waals surface area contributed by atoms with Gasteiger partial charge < -0.3 is 15.6 Å². The van der Waals surface area contributed by atoms with E-state index in [4.69, 9.17) is 0 Å². The number of benzene rings is 2. The molecule has 1 saturated carbocycles. The molecular formula is C33H43N5O3. The summed E-state index contributed by atoms with van der Waals surface area (Å²) in [6, 6.07) is 15.1. The molecule has 1 aromatic heterocycles. The van der Waals surface area contributed by atoms with Crippen LogP contribution < -0.4 is 10.6 Å².